The summed E-state index contributed by atoms with van der Waals surface area (Å²) < 4.78 is 0. The van der Waals surface area contributed by atoms with Crippen LogP contribution < -0.4 is 16.0 Å². The standard InChI is InChI=1S/C14H23N5OS.HI/c1-4-15-14(17-8-13(20)19-11-5-6-11)16-7-12-9(2)18-10(3)21-12;/h11H,4-8H2,1-3H3,(H,19,20)(H2,15,16,17);1H. The Labute approximate surface area is 152 Å². The number of rotatable bonds is 6. The molecule has 124 valence electrons. The van der Waals surface area contributed by atoms with Crippen molar-refractivity contribution in [3.8, 4) is 0 Å². The molecule has 2 rings (SSSR count). The van der Waals surface area contributed by atoms with Gasteiger partial charge in [0, 0.05) is 17.5 Å². The lowest BCUT2D eigenvalue weighted by Gasteiger charge is -2.10. The predicted octanol–water partition coefficient (Wildman–Crippen LogP) is 1.71. The maximum absolute atomic E-state index is 11.7. The number of carbonyl (C=O) groups excluding carboxylic acids is 1. The molecule has 8 heteroatoms. The normalized spacial score (nSPS) is 14.2. The second-order valence-corrected chi connectivity index (χ2v) is 6.42. The van der Waals surface area contributed by atoms with E-state index in [-0.39, 0.29) is 36.4 Å². The second kappa shape index (κ2) is 9.29. The molecule has 1 saturated carbocycles. The lowest BCUT2D eigenvalue weighted by atomic mass is 10.4. The molecule has 1 aromatic rings. The van der Waals surface area contributed by atoms with Crippen LogP contribution in [0.1, 0.15) is 35.3 Å². The summed E-state index contributed by atoms with van der Waals surface area (Å²) in [6.07, 6.45) is 2.19. The number of aryl methyl sites for hydroxylation is 2. The molecule has 0 spiro atoms. The first-order valence-electron chi connectivity index (χ1n) is 7.33. The van der Waals surface area contributed by atoms with E-state index in [2.05, 4.69) is 25.9 Å². The average Bonchev–Trinajstić information content (AvgIpc) is 3.17. The zero-order valence-corrected chi connectivity index (χ0v) is 16.4. The SMILES string of the molecule is CCNC(=NCC(=O)NC1CC1)NCc1sc(C)nc1C.I. The number of hydrogen-bond donors (Lipinski definition) is 3. The molecule has 1 fully saturated rings. The Balaban J connectivity index is 0.00000242. The highest BCUT2D eigenvalue weighted by atomic mass is 127. The van der Waals surface area contributed by atoms with Crippen molar-refractivity contribution in [1.29, 1.82) is 0 Å². The van der Waals surface area contributed by atoms with Crippen molar-refractivity contribution in [3.63, 3.8) is 0 Å². The Kier molecular flexibility index (Phi) is 8.08. The first-order valence-corrected chi connectivity index (χ1v) is 8.14. The molecule has 0 saturated heterocycles. The highest BCUT2D eigenvalue weighted by molar-refractivity contribution is 14.0. The number of halogens is 1. The summed E-state index contributed by atoms with van der Waals surface area (Å²) in [7, 11) is 0. The molecular formula is C14H24IN5OS. The van der Waals surface area contributed by atoms with E-state index in [0.29, 0.717) is 18.5 Å². The highest BCUT2D eigenvalue weighted by Gasteiger charge is 2.22. The number of nitrogens with one attached hydrogen (secondary N) is 3. The average molecular weight is 437 g/mol. The monoisotopic (exact) mass is 437 g/mol. The van der Waals surface area contributed by atoms with Gasteiger partial charge in [0.15, 0.2) is 5.96 Å². The smallest absolute Gasteiger partial charge is 0.242 e. The molecule has 1 aliphatic rings. The van der Waals surface area contributed by atoms with Crippen molar-refractivity contribution < 1.29 is 4.79 Å². The molecule has 1 aliphatic carbocycles. The summed E-state index contributed by atoms with van der Waals surface area (Å²) in [5.41, 5.74) is 1.05. The highest BCUT2D eigenvalue weighted by Crippen LogP contribution is 2.18. The first kappa shape index (κ1) is 19.1. The van der Waals surface area contributed by atoms with E-state index in [4.69, 9.17) is 0 Å². The van der Waals surface area contributed by atoms with Crippen molar-refractivity contribution >= 4 is 47.2 Å². The van der Waals surface area contributed by atoms with Crippen LogP contribution in [0.3, 0.4) is 0 Å². The predicted molar refractivity (Wildman–Crippen MR) is 101 cm³/mol. The van der Waals surface area contributed by atoms with Crippen molar-refractivity contribution in [2.75, 3.05) is 13.1 Å². The van der Waals surface area contributed by atoms with Crippen molar-refractivity contribution in [2.45, 2.75) is 46.2 Å². The van der Waals surface area contributed by atoms with Gasteiger partial charge in [-0.3, -0.25) is 4.79 Å². The second-order valence-electron chi connectivity index (χ2n) is 5.13. The maximum Gasteiger partial charge on any atom is 0.242 e. The fourth-order valence-corrected chi connectivity index (χ4v) is 2.77. The topological polar surface area (TPSA) is 78.4 Å². The van der Waals surface area contributed by atoms with Gasteiger partial charge in [0.05, 0.1) is 17.2 Å². The summed E-state index contributed by atoms with van der Waals surface area (Å²) in [5.74, 6) is 0.647. The van der Waals surface area contributed by atoms with Crippen LogP contribution in [-0.2, 0) is 11.3 Å². The van der Waals surface area contributed by atoms with Crippen LogP contribution >= 0.6 is 35.3 Å². The van der Waals surface area contributed by atoms with E-state index in [0.717, 1.165) is 30.1 Å². The molecule has 22 heavy (non-hydrogen) atoms. The molecule has 0 bridgehead atoms. The fourth-order valence-electron chi connectivity index (χ4n) is 1.90. The zero-order chi connectivity index (χ0) is 15.2. The van der Waals surface area contributed by atoms with Crippen molar-refractivity contribution in [3.05, 3.63) is 15.6 Å². The molecule has 3 N–H and O–H groups in total. The Morgan fingerprint density at radius 1 is 1.36 bits per heavy atom. The molecule has 1 amide bonds. The minimum absolute atomic E-state index is 0. The summed E-state index contributed by atoms with van der Waals surface area (Å²) in [5, 5.41) is 10.4. The Morgan fingerprint density at radius 3 is 2.64 bits per heavy atom. The largest absolute Gasteiger partial charge is 0.357 e. The van der Waals surface area contributed by atoms with Crippen LogP contribution in [0, 0.1) is 13.8 Å². The molecule has 0 radical (unpaired) electrons. The van der Waals surface area contributed by atoms with Gasteiger partial charge in [0.25, 0.3) is 0 Å². The number of hydrogen-bond acceptors (Lipinski definition) is 4. The van der Waals surface area contributed by atoms with Gasteiger partial charge in [-0.1, -0.05) is 0 Å². The number of aliphatic imine (C=N–C) groups is 1. The van der Waals surface area contributed by atoms with E-state index in [1.807, 2.05) is 20.8 Å². The molecule has 6 nitrogen and oxygen atoms in total. The summed E-state index contributed by atoms with van der Waals surface area (Å²) in [6.45, 7) is 7.61. The van der Waals surface area contributed by atoms with Crippen LogP contribution in [0.25, 0.3) is 0 Å². The lowest BCUT2D eigenvalue weighted by Crippen LogP contribution is -2.38. The Hall–Kier alpha value is -0.900. The van der Waals surface area contributed by atoms with Crippen LogP contribution in [0.5, 0.6) is 0 Å². The minimum Gasteiger partial charge on any atom is -0.357 e. The van der Waals surface area contributed by atoms with Gasteiger partial charge >= 0.3 is 0 Å². The summed E-state index contributed by atoms with van der Waals surface area (Å²) >= 11 is 1.68. The number of thiazole rings is 1. The van der Waals surface area contributed by atoms with Gasteiger partial charge in [-0.05, 0) is 33.6 Å². The van der Waals surface area contributed by atoms with Crippen LogP contribution in [0.4, 0.5) is 0 Å². The molecular weight excluding hydrogens is 413 g/mol. The van der Waals surface area contributed by atoms with E-state index in [1.165, 1.54) is 4.88 Å². The van der Waals surface area contributed by atoms with Crippen LogP contribution in [0.2, 0.25) is 0 Å². The number of carbonyl (C=O) groups is 1. The van der Waals surface area contributed by atoms with Crippen molar-refractivity contribution in [1.82, 2.24) is 20.9 Å². The fraction of sp³-hybridized carbons (Fsp3) is 0.643. The van der Waals surface area contributed by atoms with Crippen LogP contribution in [-0.4, -0.2) is 36.0 Å². The Bertz CT molecular complexity index is 527. The van der Waals surface area contributed by atoms with Gasteiger partial charge in [-0.15, -0.1) is 35.3 Å². The Morgan fingerprint density at radius 2 is 2.09 bits per heavy atom. The third-order valence-electron chi connectivity index (χ3n) is 3.08. The number of aromatic nitrogens is 1. The van der Waals surface area contributed by atoms with Crippen LogP contribution in [0.15, 0.2) is 4.99 Å². The number of nitrogens with zero attached hydrogens (tertiary/aromatic N) is 2. The van der Waals surface area contributed by atoms with Gasteiger partial charge in [-0.2, -0.15) is 0 Å². The van der Waals surface area contributed by atoms with E-state index in [1.54, 1.807) is 11.3 Å². The third-order valence-corrected chi connectivity index (χ3v) is 4.16. The summed E-state index contributed by atoms with van der Waals surface area (Å²) in [4.78, 5) is 21.6. The van der Waals surface area contributed by atoms with Gasteiger partial charge in [0.2, 0.25) is 5.91 Å². The molecule has 0 atom stereocenters. The van der Waals surface area contributed by atoms with E-state index >= 15 is 0 Å². The molecule has 0 unspecified atom stereocenters. The van der Waals surface area contributed by atoms with Gasteiger partial charge in [0.1, 0.15) is 6.54 Å². The number of amides is 1. The lowest BCUT2D eigenvalue weighted by molar-refractivity contribution is -0.119. The van der Waals surface area contributed by atoms with E-state index < -0.39 is 0 Å². The molecule has 1 heterocycles. The zero-order valence-electron chi connectivity index (χ0n) is 13.2. The first-order chi connectivity index (χ1) is 10.1. The minimum atomic E-state index is -0.0143. The maximum atomic E-state index is 11.7. The molecule has 0 aliphatic heterocycles. The quantitative estimate of drug-likeness (QED) is 0.360. The van der Waals surface area contributed by atoms with Crippen molar-refractivity contribution in [2.24, 2.45) is 4.99 Å². The van der Waals surface area contributed by atoms with Gasteiger partial charge in [-0.25, -0.2) is 9.98 Å². The van der Waals surface area contributed by atoms with E-state index in [9.17, 15) is 4.79 Å². The summed E-state index contributed by atoms with van der Waals surface area (Å²) in [6, 6.07) is 0.381. The number of guanidine groups is 1. The third kappa shape index (κ3) is 6.47. The molecule has 0 aromatic carbocycles. The van der Waals surface area contributed by atoms with Gasteiger partial charge < -0.3 is 16.0 Å². The molecule has 1 aromatic heterocycles.